The molecule has 0 bridgehead atoms. The van der Waals surface area contributed by atoms with Gasteiger partial charge in [-0.05, 0) is 29.8 Å². The van der Waals surface area contributed by atoms with Gasteiger partial charge in [-0.15, -0.1) is 0 Å². The van der Waals surface area contributed by atoms with Gasteiger partial charge in [0.05, 0.1) is 27.0 Å². The highest BCUT2D eigenvalue weighted by Gasteiger charge is 2.25. The minimum atomic E-state index is -1.05. The molecule has 2 amide bonds. The van der Waals surface area contributed by atoms with Gasteiger partial charge in [-0.2, -0.15) is 0 Å². The molecule has 1 atom stereocenters. The highest BCUT2D eigenvalue weighted by atomic mass is 35.5. The largest absolute Gasteiger partial charge is 0.459 e. The fourth-order valence-corrected chi connectivity index (χ4v) is 3.32. The molecule has 2 N–H and O–H groups in total. The van der Waals surface area contributed by atoms with Crippen molar-refractivity contribution < 1.29 is 23.5 Å². The summed E-state index contributed by atoms with van der Waals surface area (Å²) in [7, 11) is 0. The van der Waals surface area contributed by atoms with Crippen LogP contribution in [0.4, 0.5) is 5.69 Å². The van der Waals surface area contributed by atoms with Crippen LogP contribution in [0.15, 0.2) is 65.3 Å². The number of benzene rings is 2. The first-order valence-electron chi connectivity index (χ1n) is 9.33. The summed E-state index contributed by atoms with van der Waals surface area (Å²) in [6.07, 6.45) is 1.50. The van der Waals surface area contributed by atoms with Crippen LogP contribution in [0.1, 0.15) is 16.1 Å². The molecule has 0 spiro atoms. The Morgan fingerprint density at radius 3 is 2.34 bits per heavy atom. The Bertz CT molecular complexity index is 1100. The lowest BCUT2D eigenvalue weighted by atomic mass is 10.1. The van der Waals surface area contributed by atoms with Gasteiger partial charge < -0.3 is 19.8 Å². The molecule has 166 valence electrons. The van der Waals surface area contributed by atoms with Crippen molar-refractivity contribution in [2.24, 2.45) is 0 Å². The molecule has 7 nitrogen and oxygen atoms in total. The third kappa shape index (κ3) is 6.50. The van der Waals surface area contributed by atoms with Crippen LogP contribution in [0.5, 0.6) is 0 Å². The van der Waals surface area contributed by atoms with Crippen LogP contribution in [0.25, 0.3) is 0 Å². The molecule has 0 saturated heterocycles. The summed E-state index contributed by atoms with van der Waals surface area (Å²) in [5, 5.41) is 5.67. The molecular formula is C22H17Cl3N2O5. The van der Waals surface area contributed by atoms with Crippen molar-refractivity contribution in [3.8, 4) is 0 Å². The van der Waals surface area contributed by atoms with E-state index in [9.17, 15) is 14.4 Å². The Labute approximate surface area is 198 Å². The highest BCUT2D eigenvalue weighted by Crippen LogP contribution is 2.32. The number of hydrogen-bond acceptors (Lipinski definition) is 5. The predicted molar refractivity (Wildman–Crippen MR) is 121 cm³/mol. The lowest BCUT2D eigenvalue weighted by Crippen LogP contribution is -2.44. The number of amides is 2. The Hall–Kier alpha value is -3.00. The van der Waals surface area contributed by atoms with Gasteiger partial charge in [0.1, 0.15) is 6.04 Å². The molecule has 0 radical (unpaired) electrons. The fourth-order valence-electron chi connectivity index (χ4n) is 2.72. The lowest BCUT2D eigenvalue weighted by Gasteiger charge is -2.17. The van der Waals surface area contributed by atoms with Gasteiger partial charge in [0.25, 0.3) is 11.8 Å². The summed E-state index contributed by atoms with van der Waals surface area (Å²) < 4.78 is 10.2. The molecule has 2 aromatic carbocycles. The monoisotopic (exact) mass is 494 g/mol. The molecule has 1 aromatic heterocycles. The number of esters is 1. The van der Waals surface area contributed by atoms with Crippen molar-refractivity contribution in [3.63, 3.8) is 0 Å². The second-order valence-electron chi connectivity index (χ2n) is 6.60. The number of carbonyl (C=O) groups excluding carboxylic acids is 3. The summed E-state index contributed by atoms with van der Waals surface area (Å²) in [6, 6.07) is 13.8. The van der Waals surface area contributed by atoms with Crippen LogP contribution in [-0.4, -0.2) is 30.4 Å². The molecular weight excluding hydrogens is 479 g/mol. The van der Waals surface area contributed by atoms with Gasteiger partial charge in [0.15, 0.2) is 12.4 Å². The van der Waals surface area contributed by atoms with Crippen LogP contribution in [0, 0.1) is 0 Å². The maximum absolute atomic E-state index is 12.7. The minimum Gasteiger partial charge on any atom is -0.459 e. The maximum atomic E-state index is 12.7. The van der Waals surface area contributed by atoms with Gasteiger partial charge in [-0.1, -0.05) is 65.1 Å². The van der Waals surface area contributed by atoms with E-state index < -0.39 is 30.4 Å². The number of carbonyl (C=O) groups is 3. The van der Waals surface area contributed by atoms with Crippen LogP contribution in [0.3, 0.4) is 0 Å². The predicted octanol–water partition coefficient (Wildman–Crippen LogP) is 4.76. The second kappa shape index (κ2) is 11.0. The van der Waals surface area contributed by atoms with E-state index in [0.717, 1.165) is 5.56 Å². The van der Waals surface area contributed by atoms with Gasteiger partial charge in [-0.3, -0.25) is 9.59 Å². The molecule has 32 heavy (non-hydrogen) atoms. The molecule has 1 unspecified atom stereocenters. The normalized spacial score (nSPS) is 11.5. The first-order chi connectivity index (χ1) is 15.3. The van der Waals surface area contributed by atoms with E-state index >= 15 is 0 Å². The number of furan rings is 1. The quantitative estimate of drug-likeness (QED) is 0.347. The number of halogens is 3. The smallest absolute Gasteiger partial charge is 0.329 e. The summed E-state index contributed by atoms with van der Waals surface area (Å²) in [6.45, 7) is -0.600. The molecule has 1 heterocycles. The number of anilines is 1. The van der Waals surface area contributed by atoms with Crippen molar-refractivity contribution in [3.05, 3.63) is 87.3 Å². The molecule has 10 heteroatoms. The van der Waals surface area contributed by atoms with E-state index in [1.54, 1.807) is 30.3 Å². The second-order valence-corrected chi connectivity index (χ2v) is 7.82. The van der Waals surface area contributed by atoms with Crippen molar-refractivity contribution in [2.45, 2.75) is 12.5 Å². The minimum absolute atomic E-state index is 0.0443. The zero-order chi connectivity index (χ0) is 23.1. The average Bonchev–Trinajstić information content (AvgIpc) is 3.31. The standard InChI is InChI=1S/C22H17Cl3N2O5/c23-14-10-16(25)17(11-15(14)24)26-20(28)12-32-22(30)18(9-13-5-2-1-3-6-13)27-21(29)19-7-4-8-31-19/h1-8,10-11,18H,9,12H2,(H,26,28)(H,27,29). The lowest BCUT2D eigenvalue weighted by molar-refractivity contribution is -0.149. The number of nitrogens with one attached hydrogen (secondary N) is 2. The maximum Gasteiger partial charge on any atom is 0.329 e. The molecule has 0 saturated carbocycles. The molecule has 3 rings (SSSR count). The molecule has 0 aliphatic rings. The summed E-state index contributed by atoms with van der Waals surface area (Å²) in [5.74, 6) is -1.97. The van der Waals surface area contributed by atoms with E-state index in [0.29, 0.717) is 0 Å². The SMILES string of the molecule is O=C(COC(=O)C(Cc1ccccc1)NC(=O)c1ccco1)Nc1cc(Cl)c(Cl)cc1Cl. The van der Waals surface area contributed by atoms with Crippen LogP contribution in [0.2, 0.25) is 15.1 Å². The zero-order valence-corrected chi connectivity index (χ0v) is 18.7. The van der Waals surface area contributed by atoms with Crippen LogP contribution >= 0.6 is 34.8 Å². The van der Waals surface area contributed by atoms with Crippen molar-refractivity contribution >= 4 is 58.3 Å². The van der Waals surface area contributed by atoms with Gasteiger partial charge in [0.2, 0.25) is 0 Å². The number of rotatable bonds is 8. The third-order valence-corrected chi connectivity index (χ3v) is 5.28. The van der Waals surface area contributed by atoms with Crippen molar-refractivity contribution in [1.29, 1.82) is 0 Å². The highest BCUT2D eigenvalue weighted by molar-refractivity contribution is 6.44. The summed E-state index contributed by atoms with van der Waals surface area (Å²) in [4.78, 5) is 37.3. The molecule has 0 aliphatic carbocycles. The van der Waals surface area contributed by atoms with E-state index in [4.69, 9.17) is 44.0 Å². The summed E-state index contributed by atoms with van der Waals surface area (Å²) >= 11 is 17.8. The molecule has 0 fully saturated rings. The Morgan fingerprint density at radius 2 is 1.66 bits per heavy atom. The van der Waals surface area contributed by atoms with Crippen molar-refractivity contribution in [1.82, 2.24) is 5.32 Å². The summed E-state index contributed by atoms with van der Waals surface area (Å²) in [5.41, 5.74) is 1.01. The van der Waals surface area contributed by atoms with Gasteiger partial charge in [-0.25, -0.2) is 4.79 Å². The number of hydrogen-bond donors (Lipinski definition) is 2. The van der Waals surface area contributed by atoms with Gasteiger partial charge >= 0.3 is 5.97 Å². The number of ether oxygens (including phenoxy) is 1. The Morgan fingerprint density at radius 1 is 0.938 bits per heavy atom. The van der Waals surface area contributed by atoms with Crippen LogP contribution in [-0.2, 0) is 20.7 Å². The van der Waals surface area contributed by atoms with E-state index in [1.165, 1.54) is 24.5 Å². The van der Waals surface area contributed by atoms with E-state index in [2.05, 4.69) is 10.6 Å². The average molecular weight is 496 g/mol. The zero-order valence-electron chi connectivity index (χ0n) is 16.4. The first-order valence-corrected chi connectivity index (χ1v) is 10.5. The Kier molecular flexibility index (Phi) is 8.16. The van der Waals surface area contributed by atoms with Crippen molar-refractivity contribution in [2.75, 3.05) is 11.9 Å². The first kappa shape index (κ1) is 23.7. The van der Waals surface area contributed by atoms with Gasteiger partial charge in [0, 0.05) is 6.42 Å². The van der Waals surface area contributed by atoms with E-state index in [1.807, 2.05) is 6.07 Å². The third-order valence-electron chi connectivity index (χ3n) is 4.25. The van der Waals surface area contributed by atoms with E-state index in [-0.39, 0.29) is 32.9 Å². The molecule has 0 aliphatic heterocycles. The topological polar surface area (TPSA) is 97.6 Å². The van der Waals surface area contributed by atoms with Crippen LogP contribution < -0.4 is 10.6 Å². The molecule has 3 aromatic rings. The fraction of sp³-hybridized carbons (Fsp3) is 0.136. The Balaban J connectivity index is 1.64.